The quantitative estimate of drug-likeness (QED) is 0.704. The zero-order chi connectivity index (χ0) is 17.6. The second kappa shape index (κ2) is 9.07. The van der Waals surface area contributed by atoms with Crippen molar-refractivity contribution in [2.45, 2.75) is 76.9 Å². The van der Waals surface area contributed by atoms with Crippen LogP contribution in [0, 0.1) is 11.8 Å². The van der Waals surface area contributed by atoms with Gasteiger partial charge in [0.15, 0.2) is 0 Å². The highest BCUT2D eigenvalue weighted by molar-refractivity contribution is 5.79. The first-order chi connectivity index (χ1) is 11.4. The molecule has 0 spiro atoms. The SMILES string of the molecule is CCCCC1CCC(C(=O)N(CC(F)(F)F)C2CCOCC2)CC1. The lowest BCUT2D eigenvalue weighted by molar-refractivity contribution is -0.172. The molecule has 0 aromatic heterocycles. The second-order valence-electron chi connectivity index (χ2n) is 7.28. The first-order valence-corrected chi connectivity index (χ1v) is 9.35. The number of rotatable bonds is 6. The molecule has 0 aromatic carbocycles. The third-order valence-corrected chi connectivity index (χ3v) is 5.43. The average Bonchev–Trinajstić information content (AvgIpc) is 2.58. The molecule has 2 fully saturated rings. The fourth-order valence-electron chi connectivity index (χ4n) is 4.00. The highest BCUT2D eigenvalue weighted by Crippen LogP contribution is 2.34. The van der Waals surface area contributed by atoms with Crippen LogP contribution in [0.25, 0.3) is 0 Å². The van der Waals surface area contributed by atoms with Crippen molar-refractivity contribution in [1.29, 1.82) is 0 Å². The van der Waals surface area contributed by atoms with Crippen molar-refractivity contribution in [3.05, 3.63) is 0 Å². The summed E-state index contributed by atoms with van der Waals surface area (Å²) in [5, 5.41) is 0. The van der Waals surface area contributed by atoms with Crippen LogP contribution in [0.5, 0.6) is 0 Å². The molecule has 1 aliphatic carbocycles. The third kappa shape index (κ3) is 5.94. The van der Waals surface area contributed by atoms with Gasteiger partial charge in [-0.2, -0.15) is 13.2 Å². The van der Waals surface area contributed by atoms with Gasteiger partial charge in [0.05, 0.1) is 0 Å². The van der Waals surface area contributed by atoms with Gasteiger partial charge in [0.1, 0.15) is 6.54 Å². The van der Waals surface area contributed by atoms with Crippen molar-refractivity contribution in [3.63, 3.8) is 0 Å². The summed E-state index contributed by atoms with van der Waals surface area (Å²) in [5.74, 6) is 0.134. The number of carbonyl (C=O) groups is 1. The minimum Gasteiger partial charge on any atom is -0.381 e. The highest BCUT2D eigenvalue weighted by Gasteiger charge is 2.39. The van der Waals surface area contributed by atoms with Crippen LogP contribution < -0.4 is 0 Å². The summed E-state index contributed by atoms with van der Waals surface area (Å²) in [6, 6.07) is -0.328. The van der Waals surface area contributed by atoms with Gasteiger partial charge in [-0.05, 0) is 44.4 Å². The van der Waals surface area contributed by atoms with Crippen molar-refractivity contribution in [2.75, 3.05) is 19.8 Å². The van der Waals surface area contributed by atoms with Crippen LogP contribution in [0.1, 0.15) is 64.7 Å². The molecule has 0 unspecified atom stereocenters. The van der Waals surface area contributed by atoms with E-state index in [1.165, 1.54) is 19.3 Å². The Kier molecular flexibility index (Phi) is 7.38. The van der Waals surface area contributed by atoms with Gasteiger partial charge in [-0.15, -0.1) is 0 Å². The van der Waals surface area contributed by atoms with Gasteiger partial charge < -0.3 is 9.64 Å². The molecule has 0 radical (unpaired) electrons. The molecule has 2 rings (SSSR count). The smallest absolute Gasteiger partial charge is 0.381 e. The summed E-state index contributed by atoms with van der Waals surface area (Å²) < 4.78 is 44.1. The standard InChI is InChI=1S/C18H30F3NO2/c1-2-3-4-14-5-7-15(8-6-14)17(23)22(13-18(19,20)21)16-9-11-24-12-10-16/h14-16H,2-13H2,1H3. The molecule has 0 bridgehead atoms. The van der Waals surface area contributed by atoms with Crippen LogP contribution in [0.15, 0.2) is 0 Å². The molecule has 0 atom stereocenters. The van der Waals surface area contributed by atoms with E-state index < -0.39 is 12.7 Å². The molecule has 2 aliphatic rings. The molecule has 1 aliphatic heterocycles. The van der Waals surface area contributed by atoms with E-state index in [0.717, 1.165) is 30.6 Å². The Bertz CT molecular complexity index is 386. The number of hydrogen-bond acceptors (Lipinski definition) is 2. The number of ether oxygens (including phenoxy) is 1. The number of amides is 1. The van der Waals surface area contributed by atoms with Crippen molar-refractivity contribution in [3.8, 4) is 0 Å². The van der Waals surface area contributed by atoms with Crippen LogP contribution in [0.3, 0.4) is 0 Å². The Morgan fingerprint density at radius 1 is 1.08 bits per heavy atom. The maximum absolute atomic E-state index is 13.0. The Balaban J connectivity index is 1.94. The minimum absolute atomic E-state index is 0.229. The van der Waals surface area contributed by atoms with Gasteiger partial charge in [0.25, 0.3) is 0 Å². The highest BCUT2D eigenvalue weighted by atomic mass is 19.4. The molecule has 1 amide bonds. The zero-order valence-corrected chi connectivity index (χ0v) is 14.6. The number of hydrogen-bond donors (Lipinski definition) is 0. The number of nitrogens with zero attached hydrogens (tertiary/aromatic N) is 1. The molecule has 3 nitrogen and oxygen atoms in total. The van der Waals surface area contributed by atoms with E-state index in [0.29, 0.717) is 32.0 Å². The summed E-state index contributed by atoms with van der Waals surface area (Å²) in [4.78, 5) is 13.9. The molecule has 1 heterocycles. The van der Waals surface area contributed by atoms with Crippen molar-refractivity contribution in [1.82, 2.24) is 4.90 Å². The van der Waals surface area contributed by atoms with Crippen LogP contribution in [-0.2, 0) is 9.53 Å². The Morgan fingerprint density at radius 2 is 1.71 bits per heavy atom. The lowest BCUT2D eigenvalue weighted by atomic mass is 9.79. The lowest BCUT2D eigenvalue weighted by Crippen LogP contribution is -2.50. The predicted octanol–water partition coefficient (Wildman–Crippen LogP) is 4.55. The van der Waals surface area contributed by atoms with Crippen molar-refractivity contribution in [2.24, 2.45) is 11.8 Å². The molecule has 1 saturated carbocycles. The summed E-state index contributed by atoms with van der Waals surface area (Å²) in [5.41, 5.74) is 0. The van der Waals surface area contributed by atoms with E-state index in [-0.39, 0.29) is 17.9 Å². The normalized spacial score (nSPS) is 26.3. The molecule has 0 N–H and O–H groups in total. The van der Waals surface area contributed by atoms with Gasteiger partial charge in [-0.25, -0.2) is 0 Å². The molecule has 6 heteroatoms. The van der Waals surface area contributed by atoms with Crippen LogP contribution in [-0.4, -0.2) is 42.8 Å². The summed E-state index contributed by atoms with van der Waals surface area (Å²) in [6.45, 7) is 1.93. The first-order valence-electron chi connectivity index (χ1n) is 9.35. The number of alkyl halides is 3. The number of carbonyl (C=O) groups excluding carboxylic acids is 1. The minimum atomic E-state index is -4.34. The van der Waals surface area contributed by atoms with E-state index in [9.17, 15) is 18.0 Å². The molecule has 1 saturated heterocycles. The van der Waals surface area contributed by atoms with Crippen LogP contribution in [0.4, 0.5) is 13.2 Å². The molecular formula is C18H30F3NO2. The van der Waals surface area contributed by atoms with Crippen LogP contribution >= 0.6 is 0 Å². The van der Waals surface area contributed by atoms with E-state index in [2.05, 4.69) is 6.92 Å². The maximum Gasteiger partial charge on any atom is 0.406 e. The Labute approximate surface area is 142 Å². The summed E-state index contributed by atoms with van der Waals surface area (Å²) in [7, 11) is 0. The van der Waals surface area contributed by atoms with E-state index in [1.807, 2.05) is 0 Å². The number of halogens is 3. The largest absolute Gasteiger partial charge is 0.406 e. The fourth-order valence-corrected chi connectivity index (χ4v) is 4.00. The summed E-state index contributed by atoms with van der Waals surface area (Å²) >= 11 is 0. The van der Waals surface area contributed by atoms with Crippen LogP contribution in [0.2, 0.25) is 0 Å². The number of unbranched alkanes of at least 4 members (excludes halogenated alkanes) is 1. The summed E-state index contributed by atoms with van der Waals surface area (Å²) in [6.07, 6.45) is 3.66. The topological polar surface area (TPSA) is 29.5 Å². The van der Waals surface area contributed by atoms with Gasteiger partial charge in [-0.3, -0.25) is 4.79 Å². The maximum atomic E-state index is 13.0. The Morgan fingerprint density at radius 3 is 2.25 bits per heavy atom. The monoisotopic (exact) mass is 349 g/mol. The fraction of sp³-hybridized carbons (Fsp3) is 0.944. The third-order valence-electron chi connectivity index (χ3n) is 5.43. The molecule has 24 heavy (non-hydrogen) atoms. The molecule has 140 valence electrons. The van der Waals surface area contributed by atoms with Gasteiger partial charge in [0.2, 0.25) is 5.91 Å². The van der Waals surface area contributed by atoms with Gasteiger partial charge >= 0.3 is 6.18 Å². The zero-order valence-electron chi connectivity index (χ0n) is 14.6. The van der Waals surface area contributed by atoms with Gasteiger partial charge in [-0.1, -0.05) is 26.2 Å². The van der Waals surface area contributed by atoms with Gasteiger partial charge in [0, 0.05) is 25.2 Å². The van der Waals surface area contributed by atoms with E-state index in [1.54, 1.807) is 0 Å². The Hall–Kier alpha value is -0.780. The lowest BCUT2D eigenvalue weighted by Gasteiger charge is -2.38. The second-order valence-corrected chi connectivity index (χ2v) is 7.28. The van der Waals surface area contributed by atoms with E-state index in [4.69, 9.17) is 4.74 Å². The average molecular weight is 349 g/mol. The van der Waals surface area contributed by atoms with E-state index >= 15 is 0 Å². The predicted molar refractivity (Wildman–Crippen MR) is 86.6 cm³/mol. The molecular weight excluding hydrogens is 319 g/mol. The molecule has 0 aromatic rings. The van der Waals surface area contributed by atoms with Crippen molar-refractivity contribution >= 4 is 5.91 Å². The van der Waals surface area contributed by atoms with Crippen molar-refractivity contribution < 1.29 is 22.7 Å². The first kappa shape index (κ1) is 19.5.